The minimum Gasteiger partial charge on any atom is -0.362 e. The highest BCUT2D eigenvalue weighted by Crippen LogP contribution is 2.07. The van der Waals surface area contributed by atoms with Crippen LogP contribution in [0.25, 0.3) is 0 Å². The Morgan fingerprint density at radius 3 is 1.09 bits per heavy atom. The van der Waals surface area contributed by atoms with Crippen molar-refractivity contribution in [3.63, 3.8) is 0 Å². The Kier molecular flexibility index (Phi) is 59.4. The predicted molar refractivity (Wildman–Crippen MR) is 169 cm³/mol. The lowest BCUT2D eigenvalue weighted by atomic mass is 10.2. The molecule has 0 amide bonds. The fourth-order valence-corrected chi connectivity index (χ4v) is 1.48. The van der Waals surface area contributed by atoms with E-state index in [1.165, 1.54) is 32.2 Å². The zero-order valence-electron chi connectivity index (χ0n) is 16.8. The van der Waals surface area contributed by atoms with Crippen LogP contribution in [0.15, 0.2) is 12.4 Å². The molecule has 0 N–H and O–H groups in total. The summed E-state index contributed by atoms with van der Waals surface area (Å²) in [5.41, 5.74) is 0. The molecule has 0 aromatic carbocycles. The van der Waals surface area contributed by atoms with Crippen LogP contribution in [0.2, 0.25) is 0 Å². The van der Waals surface area contributed by atoms with Gasteiger partial charge in [0.15, 0.2) is 0 Å². The van der Waals surface area contributed by atoms with Gasteiger partial charge in [0.1, 0.15) is 0 Å². The summed E-state index contributed by atoms with van der Waals surface area (Å²) in [5, 5.41) is 0. The molecule has 22 heteroatoms. The molecule has 1 heterocycles. The van der Waals surface area contributed by atoms with Crippen LogP contribution >= 0.6 is 151 Å². The molecule has 1 aliphatic heterocycles. The van der Waals surface area contributed by atoms with Gasteiger partial charge in [0, 0.05) is 26.0 Å². The first-order valence-corrected chi connectivity index (χ1v) is 34.4. The van der Waals surface area contributed by atoms with Gasteiger partial charge in [-0.25, -0.2) is 151 Å². The Hall–Kier alpha value is 6.35. The van der Waals surface area contributed by atoms with Crippen molar-refractivity contribution in [1.82, 2.24) is 9.80 Å². The highest BCUT2D eigenvalue weighted by Gasteiger charge is 2.06. The van der Waals surface area contributed by atoms with E-state index in [1.807, 2.05) is 0 Å². The molecular weight excluding hydrogens is 815 g/mol. The number of hydrogen-bond acceptors (Lipinski definition) is 2. The highest BCUT2D eigenvalue weighted by molar-refractivity contribution is 7.55. The quantitative estimate of drug-likeness (QED) is 0.201. The van der Waals surface area contributed by atoms with Crippen molar-refractivity contribution in [2.75, 3.05) is 20.3 Å². The maximum Gasteiger partial charge on any atom is 0.643 e. The largest absolute Gasteiger partial charge is 0.643 e. The van der Waals surface area contributed by atoms with Crippen molar-refractivity contribution in [2.45, 2.75) is 32.6 Å². The van der Waals surface area contributed by atoms with Gasteiger partial charge in [-0.15, -0.1) is 0 Å². The maximum atomic E-state index is 4.94. The van der Waals surface area contributed by atoms with Crippen molar-refractivity contribution >= 4 is 208 Å². The van der Waals surface area contributed by atoms with Crippen LogP contribution in [0, 0.1) is 0 Å². The average Bonchev–Trinajstić information content (AvgIpc) is 2.94. The number of halogens is 15. The van der Waals surface area contributed by atoms with Crippen molar-refractivity contribution in [3.8, 4) is 0 Å². The lowest BCUT2D eigenvalue weighted by Crippen LogP contribution is -2.23. The topological polar surface area (TPSA) is 6.48 Å². The Morgan fingerprint density at radius 1 is 0.562 bits per heavy atom. The molecule has 0 saturated heterocycles. The molecule has 0 atom stereocenters. The first kappa shape index (κ1) is 48.1. The van der Waals surface area contributed by atoms with E-state index >= 15 is 0 Å². The molecule has 1 rings (SSSR count). The lowest BCUT2D eigenvalue weighted by Gasteiger charge is -2.17. The van der Waals surface area contributed by atoms with E-state index in [4.69, 9.17) is 151 Å². The summed E-state index contributed by atoms with van der Waals surface area (Å²) in [6.07, 6.45) is 9.76. The molecule has 0 aromatic heterocycles. The molecule has 0 aromatic rings. The predicted octanol–water partition coefficient (Wildman–Crippen LogP) is 10.7. The zero-order valence-corrected chi connectivity index (χ0v) is 34.0. The van der Waals surface area contributed by atoms with Gasteiger partial charge in [-0.3, -0.25) is 0 Å². The summed E-state index contributed by atoms with van der Waals surface area (Å²) in [4.78, 5) is 4.58. The van der Waals surface area contributed by atoms with Crippen LogP contribution in [-0.2, 0) is 0 Å². The van der Waals surface area contributed by atoms with Crippen LogP contribution < -0.4 is 0 Å². The van der Waals surface area contributed by atoms with Gasteiger partial charge >= 0.3 is 56.9 Å². The molecular formula is C10H20Al5Cl15N2. The Morgan fingerprint density at radius 2 is 0.875 bits per heavy atom. The summed E-state index contributed by atoms with van der Waals surface area (Å²) >= 11 is -8.61. The molecule has 0 aliphatic carbocycles. The van der Waals surface area contributed by atoms with E-state index in [0.29, 0.717) is 0 Å². The van der Waals surface area contributed by atoms with Crippen LogP contribution in [0.5, 0.6) is 0 Å². The number of rotatable bonds is 5. The van der Waals surface area contributed by atoms with Crippen molar-refractivity contribution in [3.05, 3.63) is 12.4 Å². The van der Waals surface area contributed by atoms with Crippen molar-refractivity contribution in [2.24, 2.45) is 0 Å². The SMILES string of the molecule is CCCCCCN1C=CN(C)C1.[Cl][Al]([Cl])[Cl].[Cl][Al]([Cl])[Cl].[Cl][Al]([Cl])[Cl].[Cl][Al]([Cl])[Cl].[Cl][Al]([Cl])[Cl]. The minimum absolute atomic E-state index is 1.08. The van der Waals surface area contributed by atoms with E-state index in [0.717, 1.165) is 6.67 Å². The van der Waals surface area contributed by atoms with E-state index in [9.17, 15) is 0 Å². The Bertz CT molecular complexity index is 312. The minimum atomic E-state index is -1.72. The van der Waals surface area contributed by atoms with Crippen LogP contribution in [-0.4, -0.2) is 87.0 Å². The van der Waals surface area contributed by atoms with Gasteiger partial charge in [0.25, 0.3) is 0 Å². The second kappa shape index (κ2) is 39.5. The molecule has 0 radical (unpaired) electrons. The summed E-state index contributed by atoms with van der Waals surface area (Å²) in [7, 11) is 76.3. The normalized spacial score (nSPS) is 10.3. The van der Waals surface area contributed by atoms with E-state index in [2.05, 4.69) is 36.2 Å². The van der Waals surface area contributed by atoms with Gasteiger partial charge in [-0.1, -0.05) is 26.2 Å². The van der Waals surface area contributed by atoms with Crippen molar-refractivity contribution in [1.29, 1.82) is 0 Å². The van der Waals surface area contributed by atoms with E-state index < -0.39 is 56.9 Å². The monoisotopic (exact) mass is 828 g/mol. The molecule has 0 saturated carbocycles. The van der Waals surface area contributed by atoms with Gasteiger partial charge in [-0.2, -0.15) is 0 Å². The number of unbranched alkanes of at least 4 members (excludes halogenated alkanes) is 3. The second-order valence-electron chi connectivity index (χ2n) is 4.81. The van der Waals surface area contributed by atoms with E-state index in [1.54, 1.807) is 0 Å². The summed E-state index contributed by atoms with van der Waals surface area (Å²) < 4.78 is 0. The zero-order chi connectivity index (χ0) is 26.7. The molecule has 0 bridgehead atoms. The standard InChI is InChI=1S/C10H20N2.5Al.15ClH/c1-3-4-5-6-7-12-9-8-11(2)10-12;;;;;;;;;;;;;;;;;;;;/h8-9H,3-7,10H2,1-2H3;;;;;;15*1H/q;5*+3;;;;;;;;;;;;;;;/p-15. The third kappa shape index (κ3) is 99.7. The highest BCUT2D eigenvalue weighted by atomic mass is 35.8. The number of nitrogens with zero attached hydrogens (tertiary/aromatic N) is 2. The van der Waals surface area contributed by atoms with Crippen LogP contribution in [0.3, 0.4) is 0 Å². The summed E-state index contributed by atoms with van der Waals surface area (Å²) in [6, 6.07) is 0. The van der Waals surface area contributed by atoms with Crippen molar-refractivity contribution < 1.29 is 0 Å². The maximum absolute atomic E-state index is 4.94. The van der Waals surface area contributed by atoms with Gasteiger partial charge in [0.05, 0.1) is 6.67 Å². The number of hydrogen-bond donors (Lipinski definition) is 0. The van der Waals surface area contributed by atoms with E-state index in [-0.39, 0.29) is 0 Å². The average molecular weight is 835 g/mol. The summed E-state index contributed by atoms with van der Waals surface area (Å²) in [5.74, 6) is 0. The molecule has 32 heavy (non-hydrogen) atoms. The van der Waals surface area contributed by atoms with Gasteiger partial charge < -0.3 is 9.80 Å². The first-order valence-electron chi connectivity index (χ1n) is 8.23. The van der Waals surface area contributed by atoms with Crippen LogP contribution in [0.4, 0.5) is 0 Å². The lowest BCUT2D eigenvalue weighted by molar-refractivity contribution is 0.291. The molecule has 2 nitrogen and oxygen atoms in total. The third-order valence-electron chi connectivity index (χ3n) is 2.24. The summed E-state index contributed by atoms with van der Waals surface area (Å²) in [6.45, 7) is 4.55. The van der Waals surface area contributed by atoms with Crippen LogP contribution in [0.1, 0.15) is 32.6 Å². The fourth-order valence-electron chi connectivity index (χ4n) is 1.48. The van der Waals surface area contributed by atoms with Gasteiger partial charge in [0.2, 0.25) is 0 Å². The second-order valence-corrected chi connectivity index (χ2v) is 37.0. The van der Waals surface area contributed by atoms with Gasteiger partial charge in [-0.05, 0) is 6.42 Å². The fraction of sp³-hybridized carbons (Fsp3) is 0.800. The smallest absolute Gasteiger partial charge is 0.362 e. The molecule has 0 unspecified atom stereocenters. The third-order valence-corrected chi connectivity index (χ3v) is 2.24. The molecule has 0 spiro atoms. The molecule has 190 valence electrons. The Labute approximate surface area is 277 Å². The molecule has 0 fully saturated rings. The first-order chi connectivity index (χ1) is 14.5. The Balaban J connectivity index is -0.000000102. The molecule has 1 aliphatic rings.